The van der Waals surface area contributed by atoms with Crippen LogP contribution in [0, 0.1) is 13.8 Å². The minimum Gasteiger partial charge on any atom is -0.280 e. The van der Waals surface area contributed by atoms with Crippen LogP contribution >= 0.6 is 0 Å². The van der Waals surface area contributed by atoms with Gasteiger partial charge >= 0.3 is 0 Å². The minimum absolute atomic E-state index is 0.113. The first kappa shape index (κ1) is 10.8. The molecular weight excluding hydrogens is 202 g/mol. The molecule has 14 heavy (non-hydrogen) atoms. The highest BCUT2D eigenvalue weighted by atomic mass is 32.2. The lowest BCUT2D eigenvalue weighted by Crippen LogP contribution is -2.16. The average Bonchev–Trinajstić information content (AvgIpc) is 2.35. The van der Waals surface area contributed by atoms with Crippen molar-refractivity contribution in [1.29, 1.82) is 0 Å². The summed E-state index contributed by atoms with van der Waals surface area (Å²) >= 11 is 0. The molecule has 5 nitrogen and oxygen atoms in total. The van der Waals surface area contributed by atoms with Crippen molar-refractivity contribution in [2.24, 2.45) is 0 Å². The van der Waals surface area contributed by atoms with Crippen LogP contribution in [0.5, 0.6) is 0 Å². The molecule has 0 fully saturated rings. The maximum atomic E-state index is 11.3. The molecule has 0 atom stereocenters. The Balaban J connectivity index is 2.89. The van der Waals surface area contributed by atoms with Crippen molar-refractivity contribution in [3.8, 4) is 0 Å². The van der Waals surface area contributed by atoms with E-state index < -0.39 is 10.0 Å². The second-order valence-electron chi connectivity index (χ2n) is 2.99. The summed E-state index contributed by atoms with van der Waals surface area (Å²) in [5.41, 5.74) is 1.65. The molecule has 0 aliphatic rings. The van der Waals surface area contributed by atoms with Crippen LogP contribution in [0.25, 0.3) is 0 Å². The van der Waals surface area contributed by atoms with E-state index in [1.165, 1.54) is 6.08 Å². The number of rotatable bonds is 4. The Morgan fingerprint density at radius 1 is 1.57 bits per heavy atom. The normalized spacial score (nSPS) is 11.3. The fourth-order valence-corrected chi connectivity index (χ4v) is 1.82. The molecule has 0 saturated carbocycles. The van der Waals surface area contributed by atoms with E-state index in [-0.39, 0.29) is 5.75 Å². The maximum Gasteiger partial charge on any atom is 0.237 e. The molecule has 0 bridgehead atoms. The molecule has 0 amide bonds. The number of nitrogens with zero attached hydrogens (tertiary/aromatic N) is 1. The highest BCUT2D eigenvalue weighted by Crippen LogP contribution is 2.15. The zero-order valence-corrected chi connectivity index (χ0v) is 8.98. The van der Waals surface area contributed by atoms with E-state index in [0.29, 0.717) is 5.82 Å². The highest BCUT2D eigenvalue weighted by Gasteiger charge is 2.12. The number of hydrogen-bond acceptors (Lipinski definition) is 3. The van der Waals surface area contributed by atoms with Crippen molar-refractivity contribution in [2.45, 2.75) is 13.8 Å². The van der Waals surface area contributed by atoms with Crippen LogP contribution in [0.1, 0.15) is 11.3 Å². The number of H-pyrrole nitrogens is 1. The van der Waals surface area contributed by atoms with Crippen molar-refractivity contribution < 1.29 is 8.42 Å². The third-order valence-electron chi connectivity index (χ3n) is 1.84. The molecular formula is C8H13N3O2S. The number of nitrogens with one attached hydrogen (secondary N) is 2. The predicted octanol–water partition coefficient (Wildman–Crippen LogP) is 0.954. The monoisotopic (exact) mass is 215 g/mol. The van der Waals surface area contributed by atoms with Crippen LogP contribution in [0.15, 0.2) is 12.7 Å². The topological polar surface area (TPSA) is 74.8 Å². The summed E-state index contributed by atoms with van der Waals surface area (Å²) < 4.78 is 25.0. The van der Waals surface area contributed by atoms with E-state index in [0.717, 1.165) is 11.3 Å². The molecule has 78 valence electrons. The molecule has 2 N–H and O–H groups in total. The summed E-state index contributed by atoms with van der Waals surface area (Å²) in [6.07, 6.45) is 1.33. The molecule has 0 aliphatic heterocycles. The van der Waals surface area contributed by atoms with Gasteiger partial charge < -0.3 is 0 Å². The lowest BCUT2D eigenvalue weighted by molar-refractivity contribution is 0.604. The van der Waals surface area contributed by atoms with Crippen molar-refractivity contribution in [1.82, 2.24) is 10.2 Å². The largest absolute Gasteiger partial charge is 0.280 e. The van der Waals surface area contributed by atoms with Gasteiger partial charge in [-0.1, -0.05) is 6.08 Å². The van der Waals surface area contributed by atoms with Crippen LogP contribution in [-0.2, 0) is 10.0 Å². The number of aromatic amines is 1. The fraction of sp³-hybridized carbons (Fsp3) is 0.375. The van der Waals surface area contributed by atoms with Gasteiger partial charge in [-0.25, -0.2) is 8.42 Å². The number of sulfonamides is 1. The summed E-state index contributed by atoms with van der Waals surface area (Å²) in [6.45, 7) is 6.99. The summed E-state index contributed by atoms with van der Waals surface area (Å²) in [7, 11) is -3.34. The summed E-state index contributed by atoms with van der Waals surface area (Å²) in [6, 6.07) is 0. The van der Waals surface area contributed by atoms with Gasteiger partial charge in [-0.05, 0) is 13.8 Å². The van der Waals surface area contributed by atoms with Crippen LogP contribution in [-0.4, -0.2) is 24.4 Å². The SMILES string of the molecule is C=CCS(=O)(=O)Nc1n[nH]c(C)c1C. The zero-order valence-electron chi connectivity index (χ0n) is 8.16. The van der Waals surface area contributed by atoms with E-state index in [2.05, 4.69) is 21.5 Å². The first-order valence-corrected chi connectivity index (χ1v) is 5.74. The number of hydrogen-bond donors (Lipinski definition) is 2. The second-order valence-corrected chi connectivity index (χ2v) is 4.76. The third kappa shape index (κ3) is 2.35. The number of aryl methyl sites for hydroxylation is 1. The quantitative estimate of drug-likeness (QED) is 0.734. The lowest BCUT2D eigenvalue weighted by atomic mass is 10.3. The number of anilines is 1. The van der Waals surface area contributed by atoms with Crippen molar-refractivity contribution in [3.05, 3.63) is 23.9 Å². The predicted molar refractivity (Wildman–Crippen MR) is 55.7 cm³/mol. The van der Waals surface area contributed by atoms with Gasteiger partial charge in [-0.15, -0.1) is 6.58 Å². The molecule has 0 aromatic carbocycles. The fourth-order valence-electron chi connectivity index (χ4n) is 0.929. The molecule has 0 unspecified atom stereocenters. The van der Waals surface area contributed by atoms with E-state index in [1.54, 1.807) is 6.92 Å². The molecule has 6 heteroatoms. The summed E-state index contributed by atoms with van der Waals surface area (Å²) in [5, 5.41) is 6.53. The highest BCUT2D eigenvalue weighted by molar-refractivity contribution is 7.92. The Morgan fingerprint density at radius 3 is 2.64 bits per heavy atom. The average molecular weight is 215 g/mol. The number of aromatic nitrogens is 2. The lowest BCUT2D eigenvalue weighted by Gasteiger charge is -2.02. The van der Waals surface area contributed by atoms with Crippen molar-refractivity contribution in [2.75, 3.05) is 10.5 Å². The van der Waals surface area contributed by atoms with Gasteiger partial charge in [-0.3, -0.25) is 9.82 Å². The van der Waals surface area contributed by atoms with Crippen LogP contribution in [0.2, 0.25) is 0 Å². The van der Waals surface area contributed by atoms with Gasteiger partial charge in [0.2, 0.25) is 10.0 Å². The van der Waals surface area contributed by atoms with Gasteiger partial charge in [0.1, 0.15) is 0 Å². The molecule has 1 aromatic heterocycles. The first-order valence-electron chi connectivity index (χ1n) is 4.09. The van der Waals surface area contributed by atoms with E-state index in [9.17, 15) is 8.42 Å². The molecule has 1 heterocycles. The zero-order chi connectivity index (χ0) is 10.8. The van der Waals surface area contributed by atoms with Crippen molar-refractivity contribution in [3.63, 3.8) is 0 Å². The second kappa shape index (κ2) is 3.83. The Kier molecular flexibility index (Phi) is 2.95. The Hall–Kier alpha value is -1.30. The van der Waals surface area contributed by atoms with Crippen LogP contribution in [0.4, 0.5) is 5.82 Å². The molecule has 0 radical (unpaired) electrons. The first-order chi connectivity index (χ1) is 6.46. The molecule has 0 aliphatic carbocycles. The van der Waals surface area contributed by atoms with Crippen molar-refractivity contribution >= 4 is 15.8 Å². The van der Waals surface area contributed by atoms with Crippen LogP contribution in [0.3, 0.4) is 0 Å². The smallest absolute Gasteiger partial charge is 0.237 e. The van der Waals surface area contributed by atoms with E-state index in [1.807, 2.05) is 6.92 Å². The van der Waals surface area contributed by atoms with Gasteiger partial charge in [-0.2, -0.15) is 5.10 Å². The molecule has 0 spiro atoms. The van der Waals surface area contributed by atoms with Gasteiger partial charge in [0.05, 0.1) is 5.75 Å². The van der Waals surface area contributed by atoms with Gasteiger partial charge in [0.25, 0.3) is 0 Å². The molecule has 0 saturated heterocycles. The molecule has 1 aromatic rings. The Labute approximate surface area is 83.3 Å². The minimum atomic E-state index is -3.34. The van der Waals surface area contributed by atoms with Gasteiger partial charge in [0, 0.05) is 11.3 Å². The summed E-state index contributed by atoms with van der Waals surface area (Å²) in [4.78, 5) is 0. The third-order valence-corrected chi connectivity index (χ3v) is 3.02. The summed E-state index contributed by atoms with van der Waals surface area (Å²) in [5.74, 6) is 0.238. The van der Waals surface area contributed by atoms with Gasteiger partial charge in [0.15, 0.2) is 5.82 Å². The Bertz CT molecular complexity index is 433. The standard InChI is InChI=1S/C8H13N3O2S/c1-4-5-14(12,13)11-8-6(2)7(3)9-10-8/h4H,1,5H2,2-3H3,(H2,9,10,11). The van der Waals surface area contributed by atoms with E-state index >= 15 is 0 Å². The Morgan fingerprint density at radius 2 is 2.21 bits per heavy atom. The van der Waals surface area contributed by atoms with E-state index in [4.69, 9.17) is 0 Å². The molecule has 1 rings (SSSR count). The maximum absolute atomic E-state index is 11.3. The van der Waals surface area contributed by atoms with Crippen LogP contribution < -0.4 is 4.72 Å².